The summed E-state index contributed by atoms with van der Waals surface area (Å²) in [5.74, 6) is 0. The summed E-state index contributed by atoms with van der Waals surface area (Å²) >= 11 is 0. The number of hydrogen-bond acceptors (Lipinski definition) is 5. The van der Waals surface area contributed by atoms with Crippen LogP contribution in [0.25, 0.3) is 0 Å². The molecule has 0 aliphatic heterocycles. The molecule has 0 heterocycles. The Morgan fingerprint density at radius 3 is 2.38 bits per heavy atom. The Morgan fingerprint density at radius 1 is 1.19 bits per heavy atom. The van der Waals surface area contributed by atoms with Crippen molar-refractivity contribution in [1.29, 1.82) is 0 Å². The van der Waals surface area contributed by atoms with E-state index in [1.54, 1.807) is 0 Å². The summed E-state index contributed by atoms with van der Waals surface area (Å²) in [5, 5.41) is 31.4. The van der Waals surface area contributed by atoms with Crippen LogP contribution in [0.1, 0.15) is 6.92 Å². The van der Waals surface area contributed by atoms with Crippen LogP contribution in [-0.4, -0.2) is 39.8 Å². The molecule has 0 saturated carbocycles. The molecule has 5 nitrogen and oxygen atoms in total. The summed E-state index contributed by atoms with van der Waals surface area (Å²) < 4.78 is 0. The first-order chi connectivity index (χ1) is 7.61. The molecule has 0 radical (unpaired) electrons. The van der Waals surface area contributed by atoms with Crippen molar-refractivity contribution in [3.63, 3.8) is 0 Å². The molecule has 1 aromatic rings. The average Bonchev–Trinajstić information content (AvgIpc) is 2.29. The van der Waals surface area contributed by atoms with Gasteiger partial charge in [-0.2, -0.15) is 5.10 Å². The molecule has 1 aromatic carbocycles. The lowest BCUT2D eigenvalue weighted by molar-refractivity contribution is -0.0240. The van der Waals surface area contributed by atoms with Gasteiger partial charge >= 0.3 is 0 Å². The molecule has 0 bridgehead atoms. The van der Waals surface area contributed by atoms with Crippen molar-refractivity contribution in [1.82, 2.24) is 0 Å². The minimum atomic E-state index is -1.23. The molecule has 5 heteroatoms. The van der Waals surface area contributed by atoms with Gasteiger partial charge in [-0.15, -0.1) is 0 Å². The number of hydrazone groups is 1. The first kappa shape index (κ1) is 12.6. The highest BCUT2D eigenvalue weighted by molar-refractivity contribution is 5.65. The van der Waals surface area contributed by atoms with E-state index in [1.165, 1.54) is 6.92 Å². The van der Waals surface area contributed by atoms with Crippen molar-refractivity contribution in [3.05, 3.63) is 30.3 Å². The third-order valence-corrected chi connectivity index (χ3v) is 2.04. The van der Waals surface area contributed by atoms with E-state index < -0.39 is 18.3 Å². The third kappa shape index (κ3) is 3.98. The number of nitrogens with one attached hydrogen (secondary N) is 1. The highest BCUT2D eigenvalue weighted by Gasteiger charge is 2.18. The minimum Gasteiger partial charge on any atom is -0.391 e. The standard InChI is InChI=1S/C11H16N2O3/c1-8(14)11(16)10(15)7-12-13-9-5-3-2-4-6-9/h2-8,10-11,13-16H,1H3/t8-,10+,11-/m0/s1. The number of aliphatic hydroxyl groups is 3. The van der Waals surface area contributed by atoms with E-state index in [-0.39, 0.29) is 0 Å². The monoisotopic (exact) mass is 224 g/mol. The van der Waals surface area contributed by atoms with E-state index in [0.29, 0.717) is 0 Å². The fourth-order valence-electron chi connectivity index (χ4n) is 1.07. The predicted molar refractivity (Wildman–Crippen MR) is 62.3 cm³/mol. The highest BCUT2D eigenvalue weighted by atomic mass is 16.4. The summed E-state index contributed by atoms with van der Waals surface area (Å²) in [4.78, 5) is 0. The number of hydrogen-bond donors (Lipinski definition) is 4. The van der Waals surface area contributed by atoms with Gasteiger partial charge in [0, 0.05) is 0 Å². The maximum absolute atomic E-state index is 9.37. The van der Waals surface area contributed by atoms with Gasteiger partial charge in [-0.1, -0.05) is 18.2 Å². The van der Waals surface area contributed by atoms with E-state index in [9.17, 15) is 10.2 Å². The molecule has 16 heavy (non-hydrogen) atoms. The van der Waals surface area contributed by atoms with Crippen LogP contribution in [-0.2, 0) is 0 Å². The van der Waals surface area contributed by atoms with Crippen molar-refractivity contribution in [2.45, 2.75) is 25.2 Å². The number of aliphatic hydroxyl groups excluding tert-OH is 3. The minimum absolute atomic E-state index is 0.775. The SMILES string of the molecule is C[C@H](O)[C@H](O)[C@H](O)C=NNc1ccccc1. The molecule has 0 fully saturated rings. The largest absolute Gasteiger partial charge is 0.391 e. The van der Waals surface area contributed by atoms with Gasteiger partial charge in [-0.3, -0.25) is 5.43 Å². The second-order valence-corrected chi connectivity index (χ2v) is 3.48. The molecular weight excluding hydrogens is 208 g/mol. The molecule has 0 saturated heterocycles. The van der Waals surface area contributed by atoms with Crippen LogP contribution >= 0.6 is 0 Å². The van der Waals surface area contributed by atoms with E-state index in [1.807, 2.05) is 30.3 Å². The highest BCUT2D eigenvalue weighted by Crippen LogP contribution is 2.04. The maximum atomic E-state index is 9.37. The Labute approximate surface area is 94.1 Å². The van der Waals surface area contributed by atoms with Crippen LogP contribution in [0.4, 0.5) is 5.69 Å². The first-order valence-electron chi connectivity index (χ1n) is 4.99. The predicted octanol–water partition coefficient (Wildman–Crippen LogP) is 0.187. The summed E-state index contributed by atoms with van der Waals surface area (Å²) in [7, 11) is 0. The molecule has 0 spiro atoms. The Kier molecular flexibility index (Phi) is 4.91. The van der Waals surface area contributed by atoms with Gasteiger partial charge in [0.25, 0.3) is 0 Å². The van der Waals surface area contributed by atoms with Gasteiger partial charge in [-0.25, -0.2) is 0 Å². The van der Waals surface area contributed by atoms with Crippen molar-refractivity contribution in [2.75, 3.05) is 5.43 Å². The quantitative estimate of drug-likeness (QED) is 0.425. The molecule has 0 aliphatic carbocycles. The molecule has 0 unspecified atom stereocenters. The van der Waals surface area contributed by atoms with Gasteiger partial charge in [0.2, 0.25) is 0 Å². The Bertz CT molecular complexity index is 327. The Hall–Kier alpha value is -1.43. The van der Waals surface area contributed by atoms with Crippen molar-refractivity contribution in [3.8, 4) is 0 Å². The second-order valence-electron chi connectivity index (χ2n) is 3.48. The summed E-state index contributed by atoms with van der Waals surface area (Å²) in [6, 6.07) is 9.20. The van der Waals surface area contributed by atoms with E-state index in [0.717, 1.165) is 11.9 Å². The van der Waals surface area contributed by atoms with Crippen LogP contribution in [0.2, 0.25) is 0 Å². The van der Waals surface area contributed by atoms with Gasteiger partial charge in [0.05, 0.1) is 18.0 Å². The van der Waals surface area contributed by atoms with E-state index >= 15 is 0 Å². The molecule has 3 atom stereocenters. The molecule has 1 rings (SSSR count). The van der Waals surface area contributed by atoms with Gasteiger partial charge in [0.15, 0.2) is 0 Å². The summed E-state index contributed by atoms with van der Waals surface area (Å²) in [5.41, 5.74) is 3.46. The van der Waals surface area contributed by atoms with Crippen molar-refractivity contribution in [2.24, 2.45) is 5.10 Å². The Balaban J connectivity index is 2.43. The van der Waals surface area contributed by atoms with Gasteiger partial charge in [0.1, 0.15) is 12.2 Å². The zero-order valence-corrected chi connectivity index (χ0v) is 8.99. The lowest BCUT2D eigenvalue weighted by Gasteiger charge is -2.16. The normalized spacial score (nSPS) is 17.0. The van der Waals surface area contributed by atoms with Gasteiger partial charge in [-0.05, 0) is 19.1 Å². The smallest absolute Gasteiger partial charge is 0.119 e. The number of anilines is 1. The molecule has 88 valence electrons. The van der Waals surface area contributed by atoms with Crippen molar-refractivity contribution >= 4 is 11.9 Å². The number of nitrogens with zero attached hydrogens (tertiary/aromatic N) is 1. The van der Waals surface area contributed by atoms with Crippen molar-refractivity contribution < 1.29 is 15.3 Å². The topological polar surface area (TPSA) is 85.1 Å². The molecular formula is C11H16N2O3. The third-order valence-electron chi connectivity index (χ3n) is 2.04. The van der Waals surface area contributed by atoms with Crippen LogP contribution in [0, 0.1) is 0 Å². The van der Waals surface area contributed by atoms with E-state index in [2.05, 4.69) is 10.5 Å². The van der Waals surface area contributed by atoms with E-state index in [4.69, 9.17) is 5.11 Å². The Morgan fingerprint density at radius 2 is 1.81 bits per heavy atom. The lowest BCUT2D eigenvalue weighted by atomic mass is 10.1. The molecule has 0 aliphatic rings. The van der Waals surface area contributed by atoms with Crippen LogP contribution < -0.4 is 5.43 Å². The van der Waals surface area contributed by atoms with Crippen LogP contribution in [0.3, 0.4) is 0 Å². The van der Waals surface area contributed by atoms with Gasteiger partial charge < -0.3 is 15.3 Å². The number of para-hydroxylation sites is 1. The molecule has 0 amide bonds. The second kappa shape index (κ2) is 6.22. The number of rotatable bonds is 5. The zero-order chi connectivity index (χ0) is 12.0. The lowest BCUT2D eigenvalue weighted by Crippen LogP contribution is -2.36. The first-order valence-corrected chi connectivity index (χ1v) is 4.99. The number of benzene rings is 1. The molecule has 0 aromatic heterocycles. The fourth-order valence-corrected chi connectivity index (χ4v) is 1.07. The summed E-state index contributed by atoms with van der Waals surface area (Å²) in [6.45, 7) is 1.40. The van der Waals surface area contributed by atoms with Crippen LogP contribution in [0.5, 0.6) is 0 Å². The average molecular weight is 224 g/mol. The molecule has 4 N–H and O–H groups in total. The zero-order valence-electron chi connectivity index (χ0n) is 8.99. The van der Waals surface area contributed by atoms with Crippen LogP contribution in [0.15, 0.2) is 35.4 Å². The maximum Gasteiger partial charge on any atom is 0.119 e. The summed E-state index contributed by atoms with van der Waals surface area (Å²) in [6.07, 6.45) is -2.29. The fraction of sp³-hybridized carbons (Fsp3) is 0.364.